The minimum Gasteiger partial charge on any atom is -0.378 e. The van der Waals surface area contributed by atoms with Gasteiger partial charge in [-0.25, -0.2) is 0 Å². The van der Waals surface area contributed by atoms with Gasteiger partial charge in [0.05, 0.1) is 19.3 Å². The number of carbonyl (C=O) groups is 1. The molecule has 2 aromatic carbocycles. The summed E-state index contributed by atoms with van der Waals surface area (Å²) in [6.07, 6.45) is 0.393. The van der Waals surface area contributed by atoms with Gasteiger partial charge in [0.1, 0.15) is 0 Å². The summed E-state index contributed by atoms with van der Waals surface area (Å²) in [5.41, 5.74) is 2.00. The summed E-state index contributed by atoms with van der Waals surface area (Å²) in [6, 6.07) is 17.4. The average molecular weight is 381 g/mol. The molecule has 3 rings (SSSR count). The molecule has 1 amide bonds. The molecule has 6 heteroatoms. The van der Waals surface area contributed by atoms with E-state index in [4.69, 9.17) is 16.3 Å². The van der Waals surface area contributed by atoms with E-state index in [1.165, 1.54) is 0 Å². The van der Waals surface area contributed by atoms with Crippen LogP contribution in [0.5, 0.6) is 0 Å². The van der Waals surface area contributed by atoms with Crippen molar-refractivity contribution in [2.24, 2.45) is 0 Å². The molecule has 0 saturated carbocycles. The van der Waals surface area contributed by atoms with Gasteiger partial charge in [-0.3, -0.25) is 4.79 Å². The molecule has 4 nitrogen and oxygen atoms in total. The van der Waals surface area contributed by atoms with Gasteiger partial charge in [-0.2, -0.15) is 0 Å². The molecule has 1 fully saturated rings. The molecule has 134 valence electrons. The number of halogens is 2. The number of benzene rings is 2. The van der Waals surface area contributed by atoms with Crippen LogP contribution in [0.2, 0.25) is 5.02 Å². The van der Waals surface area contributed by atoms with Crippen LogP contribution in [0.4, 0.5) is 0 Å². The quantitative estimate of drug-likeness (QED) is 0.835. The predicted octanol–water partition coefficient (Wildman–Crippen LogP) is 3.35. The van der Waals surface area contributed by atoms with Gasteiger partial charge in [0.25, 0.3) is 0 Å². The molecule has 2 atom stereocenters. The maximum atomic E-state index is 12.5. The second kappa shape index (κ2) is 9.78. The second-order valence-corrected chi connectivity index (χ2v) is 6.33. The van der Waals surface area contributed by atoms with Gasteiger partial charge in [-0.15, -0.1) is 12.4 Å². The number of ether oxygens (including phenoxy) is 1. The van der Waals surface area contributed by atoms with E-state index in [2.05, 4.69) is 10.6 Å². The van der Waals surface area contributed by atoms with Gasteiger partial charge < -0.3 is 15.4 Å². The lowest BCUT2D eigenvalue weighted by Crippen LogP contribution is -2.44. The summed E-state index contributed by atoms with van der Waals surface area (Å²) in [6.45, 7) is 2.06. The Balaban J connectivity index is 0.00000225. The average Bonchev–Trinajstić information content (AvgIpc) is 2.61. The van der Waals surface area contributed by atoms with Gasteiger partial charge in [-0.05, 0) is 23.3 Å². The van der Waals surface area contributed by atoms with Crippen molar-refractivity contribution in [3.63, 3.8) is 0 Å². The van der Waals surface area contributed by atoms with Crippen molar-refractivity contribution in [3.05, 3.63) is 70.7 Å². The number of morpholine rings is 1. The molecule has 2 unspecified atom stereocenters. The lowest BCUT2D eigenvalue weighted by Gasteiger charge is -2.25. The van der Waals surface area contributed by atoms with E-state index in [1.807, 2.05) is 54.6 Å². The van der Waals surface area contributed by atoms with Gasteiger partial charge in [-0.1, -0.05) is 54.1 Å². The third-order valence-corrected chi connectivity index (χ3v) is 4.29. The van der Waals surface area contributed by atoms with E-state index in [-0.39, 0.29) is 30.4 Å². The first-order chi connectivity index (χ1) is 11.7. The molecule has 1 aliphatic rings. The smallest absolute Gasteiger partial charge is 0.222 e. The molecule has 0 spiro atoms. The number of nitrogens with one attached hydrogen (secondary N) is 2. The van der Waals surface area contributed by atoms with Crippen LogP contribution in [-0.2, 0) is 9.53 Å². The second-order valence-electron chi connectivity index (χ2n) is 5.90. The zero-order valence-electron chi connectivity index (χ0n) is 13.8. The van der Waals surface area contributed by atoms with E-state index < -0.39 is 0 Å². The Morgan fingerprint density at radius 1 is 1.20 bits per heavy atom. The van der Waals surface area contributed by atoms with Gasteiger partial charge in [0.15, 0.2) is 0 Å². The highest BCUT2D eigenvalue weighted by Crippen LogP contribution is 2.24. The minimum absolute atomic E-state index is 0. The third-order valence-electron chi connectivity index (χ3n) is 4.05. The zero-order chi connectivity index (χ0) is 16.8. The summed E-state index contributed by atoms with van der Waals surface area (Å²) in [5.74, 6) is -0.00757. The monoisotopic (exact) mass is 380 g/mol. The van der Waals surface area contributed by atoms with E-state index >= 15 is 0 Å². The van der Waals surface area contributed by atoms with Crippen LogP contribution < -0.4 is 10.6 Å². The molecule has 2 N–H and O–H groups in total. The minimum atomic E-state index is -0.220. The number of hydrogen-bond donors (Lipinski definition) is 2. The van der Waals surface area contributed by atoms with Gasteiger partial charge in [0, 0.05) is 24.0 Å². The molecule has 2 aromatic rings. The van der Waals surface area contributed by atoms with Crippen LogP contribution in [-0.4, -0.2) is 31.7 Å². The highest BCUT2D eigenvalue weighted by molar-refractivity contribution is 6.30. The fourth-order valence-electron chi connectivity index (χ4n) is 2.89. The predicted molar refractivity (Wildman–Crippen MR) is 102 cm³/mol. The largest absolute Gasteiger partial charge is 0.378 e. The molecule has 1 heterocycles. The Bertz CT molecular complexity index is 676. The Hall–Kier alpha value is -1.59. The van der Waals surface area contributed by atoms with Crippen LogP contribution in [0.15, 0.2) is 54.6 Å². The SMILES string of the molecule is Cl.O=C(CC1COCCN1)NC(c1ccccc1)c1cccc(Cl)c1. The van der Waals surface area contributed by atoms with Crippen molar-refractivity contribution in [2.75, 3.05) is 19.8 Å². The molecule has 0 bridgehead atoms. The fourth-order valence-corrected chi connectivity index (χ4v) is 3.08. The number of amides is 1. The van der Waals surface area contributed by atoms with Crippen molar-refractivity contribution >= 4 is 29.9 Å². The molecule has 0 radical (unpaired) electrons. The number of hydrogen-bond acceptors (Lipinski definition) is 3. The lowest BCUT2D eigenvalue weighted by molar-refractivity contribution is -0.122. The third kappa shape index (κ3) is 5.72. The standard InChI is InChI=1S/C19H21ClN2O2.ClH/c20-16-8-4-7-15(11-16)19(14-5-2-1-3-6-14)22-18(23)12-17-13-24-10-9-21-17;/h1-8,11,17,19,21H,9-10,12-13H2,(H,22,23);1H. The van der Waals surface area contributed by atoms with Crippen molar-refractivity contribution in [1.82, 2.24) is 10.6 Å². The fraction of sp³-hybridized carbons (Fsp3) is 0.316. The van der Waals surface area contributed by atoms with Gasteiger partial charge in [0.2, 0.25) is 5.91 Å². The van der Waals surface area contributed by atoms with Crippen LogP contribution in [0.1, 0.15) is 23.6 Å². The highest BCUT2D eigenvalue weighted by Gasteiger charge is 2.21. The molecule has 25 heavy (non-hydrogen) atoms. The summed E-state index contributed by atoms with van der Waals surface area (Å²) in [7, 11) is 0. The molecular weight excluding hydrogens is 359 g/mol. The summed E-state index contributed by atoms with van der Waals surface area (Å²) in [5, 5.41) is 7.09. The Labute approximate surface area is 159 Å². The summed E-state index contributed by atoms with van der Waals surface area (Å²) < 4.78 is 5.41. The molecule has 0 aliphatic carbocycles. The lowest BCUT2D eigenvalue weighted by atomic mass is 9.98. The zero-order valence-corrected chi connectivity index (χ0v) is 15.4. The van der Waals surface area contributed by atoms with E-state index in [1.54, 1.807) is 0 Å². The Kier molecular flexibility index (Phi) is 7.72. The van der Waals surface area contributed by atoms with Crippen molar-refractivity contribution < 1.29 is 9.53 Å². The molecule has 0 aromatic heterocycles. The van der Waals surface area contributed by atoms with E-state index in [0.29, 0.717) is 24.7 Å². The maximum absolute atomic E-state index is 12.5. The van der Waals surface area contributed by atoms with Crippen LogP contribution in [0, 0.1) is 0 Å². The first-order valence-electron chi connectivity index (χ1n) is 8.13. The molecule has 1 saturated heterocycles. The Morgan fingerprint density at radius 3 is 2.64 bits per heavy atom. The normalized spacial score (nSPS) is 18.0. The molecule has 1 aliphatic heterocycles. The summed E-state index contributed by atoms with van der Waals surface area (Å²) in [4.78, 5) is 12.5. The number of rotatable bonds is 5. The molecular formula is C19H22Cl2N2O2. The summed E-state index contributed by atoms with van der Waals surface area (Å²) >= 11 is 6.13. The Morgan fingerprint density at radius 2 is 1.96 bits per heavy atom. The topological polar surface area (TPSA) is 50.4 Å². The first-order valence-corrected chi connectivity index (χ1v) is 8.51. The number of carbonyl (C=O) groups excluding carboxylic acids is 1. The van der Waals surface area contributed by atoms with Crippen LogP contribution in [0.3, 0.4) is 0 Å². The van der Waals surface area contributed by atoms with Crippen molar-refractivity contribution in [3.8, 4) is 0 Å². The maximum Gasteiger partial charge on any atom is 0.222 e. The first kappa shape index (κ1) is 19.7. The van der Waals surface area contributed by atoms with Crippen LogP contribution >= 0.6 is 24.0 Å². The van der Waals surface area contributed by atoms with Crippen molar-refractivity contribution in [2.45, 2.75) is 18.5 Å². The van der Waals surface area contributed by atoms with Crippen LogP contribution in [0.25, 0.3) is 0 Å². The van der Waals surface area contributed by atoms with Crippen molar-refractivity contribution in [1.29, 1.82) is 0 Å². The highest BCUT2D eigenvalue weighted by atomic mass is 35.5. The van der Waals surface area contributed by atoms with E-state index in [0.717, 1.165) is 17.7 Å². The van der Waals surface area contributed by atoms with Gasteiger partial charge >= 0.3 is 0 Å². The van der Waals surface area contributed by atoms with E-state index in [9.17, 15) is 4.79 Å².